The molecule has 0 amide bonds. The first-order valence-corrected chi connectivity index (χ1v) is 22.4. The number of benzene rings is 9. The van der Waals surface area contributed by atoms with Crippen molar-refractivity contribution in [3.05, 3.63) is 259 Å². The van der Waals surface area contributed by atoms with Gasteiger partial charge in [0.05, 0.1) is 11.2 Å². The molecular weight excluding hydrogens is 771 g/mol. The van der Waals surface area contributed by atoms with E-state index >= 15 is 0 Å². The molecule has 11 rings (SSSR count). The summed E-state index contributed by atoms with van der Waals surface area (Å²) >= 11 is 0. The first-order valence-electron chi connectivity index (χ1n) is 22.4. The van der Waals surface area contributed by atoms with Gasteiger partial charge in [-0.15, -0.1) is 0 Å². The Balaban J connectivity index is 1.01. The number of aromatic nitrogens is 1. The Hall–Kier alpha value is -7.87. The number of hydrogen-bond donors (Lipinski definition) is 0. The molecule has 0 spiro atoms. The molecule has 1 aromatic heterocycles. The van der Waals surface area contributed by atoms with E-state index in [-0.39, 0.29) is 0 Å². The Morgan fingerprint density at radius 3 is 1.73 bits per heavy atom. The summed E-state index contributed by atoms with van der Waals surface area (Å²) in [6.07, 6.45) is 4.42. The fraction of sp³-hybridized carbons (Fsp3) is 0.0635. The first-order chi connectivity index (χ1) is 31.6. The molecule has 0 N–H and O–H groups in total. The standard InChI is InChI=1S/C63H47N/c1-43-57(45-17-5-2-6-18-45)36-35-52(41-60(43)47-19-7-3-8-20-47)50-26-15-27-51(37-50)55-38-54(39-56(40-55)59-29-16-25-46-23-11-13-28-58(46)59)44-31-33-49(34-32-44)63-61(48-21-9-4-10-22-48)42-53-24-12-14-30-62(53)64-63/h2-34,36-40,42,52H,35,41H2,1H3. The monoisotopic (exact) mass is 817 g/mol. The Bertz CT molecular complexity index is 3350. The van der Waals surface area contributed by atoms with Crippen molar-refractivity contribution in [2.45, 2.75) is 25.7 Å². The molecule has 0 bridgehead atoms. The van der Waals surface area contributed by atoms with Gasteiger partial charge in [0.1, 0.15) is 0 Å². The molecule has 0 saturated heterocycles. The van der Waals surface area contributed by atoms with Gasteiger partial charge in [-0.2, -0.15) is 0 Å². The predicted octanol–water partition coefficient (Wildman–Crippen LogP) is 17.2. The van der Waals surface area contributed by atoms with Crippen LogP contribution in [0.2, 0.25) is 0 Å². The molecule has 1 nitrogen and oxygen atoms in total. The van der Waals surface area contributed by atoms with E-state index < -0.39 is 0 Å². The van der Waals surface area contributed by atoms with E-state index in [1.165, 1.54) is 77.6 Å². The molecule has 0 fully saturated rings. The topological polar surface area (TPSA) is 12.9 Å². The van der Waals surface area contributed by atoms with Crippen molar-refractivity contribution in [2.75, 3.05) is 0 Å². The highest BCUT2D eigenvalue weighted by molar-refractivity contribution is 5.99. The molecular formula is C63H47N. The van der Waals surface area contributed by atoms with E-state index in [0.29, 0.717) is 5.92 Å². The van der Waals surface area contributed by atoms with E-state index in [1.54, 1.807) is 0 Å². The molecule has 9 aromatic carbocycles. The third kappa shape index (κ3) is 7.67. The van der Waals surface area contributed by atoms with Crippen LogP contribution in [0.25, 0.3) is 88.6 Å². The Morgan fingerprint density at radius 2 is 0.969 bits per heavy atom. The molecule has 1 heteroatoms. The van der Waals surface area contributed by atoms with Crippen LogP contribution < -0.4 is 0 Å². The van der Waals surface area contributed by atoms with Gasteiger partial charge < -0.3 is 0 Å². The van der Waals surface area contributed by atoms with Crippen molar-refractivity contribution in [1.82, 2.24) is 4.98 Å². The number of rotatable bonds is 8. The quantitative estimate of drug-likeness (QED) is 0.149. The van der Waals surface area contributed by atoms with Crippen LogP contribution in [-0.4, -0.2) is 4.98 Å². The van der Waals surface area contributed by atoms with Crippen LogP contribution >= 0.6 is 0 Å². The number of pyridine rings is 1. The summed E-state index contributed by atoms with van der Waals surface area (Å²) in [5, 5.41) is 3.63. The molecule has 0 aliphatic heterocycles. The molecule has 304 valence electrons. The largest absolute Gasteiger partial charge is 0.247 e. The van der Waals surface area contributed by atoms with Crippen LogP contribution in [0.4, 0.5) is 0 Å². The van der Waals surface area contributed by atoms with Crippen molar-refractivity contribution >= 4 is 32.8 Å². The summed E-state index contributed by atoms with van der Waals surface area (Å²) in [7, 11) is 0. The molecule has 1 aliphatic carbocycles. The zero-order chi connectivity index (χ0) is 42.8. The lowest BCUT2D eigenvalue weighted by molar-refractivity contribution is 0.725. The molecule has 0 saturated carbocycles. The Morgan fingerprint density at radius 1 is 0.391 bits per heavy atom. The lowest BCUT2D eigenvalue weighted by atomic mass is 9.85. The van der Waals surface area contributed by atoms with Gasteiger partial charge in [-0.1, -0.05) is 206 Å². The van der Waals surface area contributed by atoms with E-state index in [9.17, 15) is 0 Å². The normalized spacial score (nSPS) is 14.1. The lowest BCUT2D eigenvalue weighted by Crippen LogP contribution is -2.00. The number of nitrogens with zero attached hydrogens (tertiary/aromatic N) is 1. The van der Waals surface area contributed by atoms with Gasteiger partial charge in [0.25, 0.3) is 0 Å². The van der Waals surface area contributed by atoms with Gasteiger partial charge >= 0.3 is 0 Å². The average Bonchev–Trinajstić information content (AvgIpc) is 3.55. The SMILES string of the molecule is CC1=C(c2ccccc2)CC(c2cccc(-c3cc(-c4ccc(-c5nc6ccccc6cc5-c5ccccc5)cc4)cc(-c4cccc5ccccc45)c3)c2)CC=C1c1ccccc1. The van der Waals surface area contributed by atoms with Gasteiger partial charge in [0, 0.05) is 16.5 Å². The summed E-state index contributed by atoms with van der Waals surface area (Å²) in [5.41, 5.74) is 20.7. The third-order valence-corrected chi connectivity index (χ3v) is 13.1. The molecule has 64 heavy (non-hydrogen) atoms. The Labute approximate surface area is 376 Å². The Kier molecular flexibility index (Phi) is 10.4. The number of fused-ring (bicyclic) bond motifs is 2. The van der Waals surface area contributed by atoms with Crippen molar-refractivity contribution in [3.8, 4) is 55.8 Å². The molecule has 1 unspecified atom stereocenters. The van der Waals surface area contributed by atoms with E-state index in [1.807, 2.05) is 0 Å². The summed E-state index contributed by atoms with van der Waals surface area (Å²) in [4.78, 5) is 5.25. The van der Waals surface area contributed by atoms with Gasteiger partial charge in [-0.25, -0.2) is 4.98 Å². The molecule has 0 radical (unpaired) electrons. The summed E-state index contributed by atoms with van der Waals surface area (Å²) < 4.78 is 0. The highest BCUT2D eigenvalue weighted by atomic mass is 14.7. The summed E-state index contributed by atoms with van der Waals surface area (Å²) in [6.45, 7) is 2.31. The van der Waals surface area contributed by atoms with E-state index in [0.717, 1.165) is 46.1 Å². The van der Waals surface area contributed by atoms with Crippen LogP contribution in [-0.2, 0) is 0 Å². The van der Waals surface area contributed by atoms with Crippen LogP contribution in [0.5, 0.6) is 0 Å². The zero-order valence-corrected chi connectivity index (χ0v) is 36.0. The number of allylic oxidation sites excluding steroid dienone is 4. The highest BCUT2D eigenvalue weighted by Gasteiger charge is 2.23. The first kappa shape index (κ1) is 39.0. The third-order valence-electron chi connectivity index (χ3n) is 13.1. The minimum Gasteiger partial charge on any atom is -0.247 e. The highest BCUT2D eigenvalue weighted by Crippen LogP contribution is 2.44. The minimum atomic E-state index is 0.323. The summed E-state index contributed by atoms with van der Waals surface area (Å²) in [5.74, 6) is 0.323. The maximum Gasteiger partial charge on any atom is 0.0788 e. The average molecular weight is 818 g/mol. The summed E-state index contributed by atoms with van der Waals surface area (Å²) in [6, 6.07) is 84.1. The fourth-order valence-corrected chi connectivity index (χ4v) is 9.80. The maximum absolute atomic E-state index is 5.25. The second-order valence-corrected chi connectivity index (χ2v) is 17.1. The van der Waals surface area contributed by atoms with Crippen molar-refractivity contribution < 1.29 is 0 Å². The van der Waals surface area contributed by atoms with Gasteiger partial charge in [-0.3, -0.25) is 0 Å². The van der Waals surface area contributed by atoms with Gasteiger partial charge in [-0.05, 0) is 139 Å². The number of hydrogen-bond acceptors (Lipinski definition) is 1. The van der Waals surface area contributed by atoms with Gasteiger partial charge in [0.2, 0.25) is 0 Å². The molecule has 10 aromatic rings. The van der Waals surface area contributed by atoms with Gasteiger partial charge in [0.15, 0.2) is 0 Å². The van der Waals surface area contributed by atoms with E-state index in [2.05, 4.69) is 244 Å². The maximum atomic E-state index is 5.25. The van der Waals surface area contributed by atoms with Crippen LogP contribution in [0, 0.1) is 0 Å². The smallest absolute Gasteiger partial charge is 0.0788 e. The second-order valence-electron chi connectivity index (χ2n) is 17.1. The predicted molar refractivity (Wildman–Crippen MR) is 272 cm³/mol. The van der Waals surface area contributed by atoms with Crippen molar-refractivity contribution in [1.29, 1.82) is 0 Å². The van der Waals surface area contributed by atoms with Crippen LogP contribution in [0.3, 0.4) is 0 Å². The zero-order valence-electron chi connectivity index (χ0n) is 36.0. The fourth-order valence-electron chi connectivity index (χ4n) is 9.80. The molecule has 1 heterocycles. The second kappa shape index (κ2) is 17.1. The van der Waals surface area contributed by atoms with Crippen LogP contribution in [0.15, 0.2) is 242 Å². The number of para-hydroxylation sites is 1. The minimum absolute atomic E-state index is 0.323. The molecule has 1 atom stereocenters. The van der Waals surface area contributed by atoms with Crippen molar-refractivity contribution in [3.63, 3.8) is 0 Å². The lowest BCUT2D eigenvalue weighted by Gasteiger charge is -2.19. The van der Waals surface area contributed by atoms with Crippen molar-refractivity contribution in [2.24, 2.45) is 0 Å². The van der Waals surface area contributed by atoms with E-state index in [4.69, 9.17) is 4.98 Å². The van der Waals surface area contributed by atoms with Crippen LogP contribution in [0.1, 0.15) is 42.4 Å². The molecule has 1 aliphatic rings.